The number of nitriles is 1. The van der Waals surface area contributed by atoms with Crippen LogP contribution in [-0.4, -0.2) is 17.6 Å². The van der Waals surface area contributed by atoms with E-state index in [4.69, 9.17) is 5.26 Å². The number of rotatable bonds is 2. The fourth-order valence-electron chi connectivity index (χ4n) is 2.85. The van der Waals surface area contributed by atoms with Crippen LogP contribution in [0.4, 0.5) is 10.5 Å². The molecule has 2 heterocycles. The van der Waals surface area contributed by atoms with Crippen LogP contribution < -0.4 is 10.2 Å². The molecule has 0 bridgehead atoms. The second kappa shape index (κ2) is 6.25. The molecule has 5 nitrogen and oxygen atoms in total. The number of amides is 2. The molecule has 0 saturated heterocycles. The quantitative estimate of drug-likeness (QED) is 0.802. The van der Waals surface area contributed by atoms with Gasteiger partial charge in [0.2, 0.25) is 0 Å². The van der Waals surface area contributed by atoms with Crippen LogP contribution in [0, 0.1) is 11.3 Å². The molecule has 2 amide bonds. The molecule has 1 N–H and O–H groups in total. The second-order valence-electron chi connectivity index (χ2n) is 6.44. The van der Waals surface area contributed by atoms with Crippen LogP contribution in [0.1, 0.15) is 30.7 Å². The molecule has 0 aliphatic carbocycles. The van der Waals surface area contributed by atoms with Crippen molar-refractivity contribution in [3.05, 3.63) is 57.8 Å². The minimum atomic E-state index is -0.190. The lowest BCUT2D eigenvalue weighted by Gasteiger charge is -2.20. The fourth-order valence-corrected chi connectivity index (χ4v) is 3.16. The van der Waals surface area contributed by atoms with Crippen LogP contribution in [0.25, 0.3) is 0 Å². The summed E-state index contributed by atoms with van der Waals surface area (Å²) >= 11 is 3.39. The van der Waals surface area contributed by atoms with E-state index in [0.29, 0.717) is 18.7 Å². The third-order valence-corrected chi connectivity index (χ3v) is 4.54. The summed E-state index contributed by atoms with van der Waals surface area (Å²) in [4.78, 5) is 18.9. The highest BCUT2D eigenvalue weighted by Gasteiger charge is 2.39. The first kappa shape index (κ1) is 16.5. The molecule has 1 aliphatic heterocycles. The number of benzene rings is 1. The summed E-state index contributed by atoms with van der Waals surface area (Å²) in [5, 5.41) is 11.8. The van der Waals surface area contributed by atoms with Crippen LogP contribution in [-0.2, 0) is 12.0 Å². The molecular weight excluding hydrogens is 368 g/mol. The molecule has 0 atom stereocenters. The van der Waals surface area contributed by atoms with E-state index in [1.54, 1.807) is 17.0 Å². The first-order chi connectivity index (χ1) is 11.4. The van der Waals surface area contributed by atoms with Crippen molar-refractivity contribution in [3.63, 3.8) is 0 Å². The van der Waals surface area contributed by atoms with Gasteiger partial charge in [-0.3, -0.25) is 4.90 Å². The zero-order chi connectivity index (χ0) is 17.3. The normalized spacial score (nSPS) is 14.8. The van der Waals surface area contributed by atoms with Crippen molar-refractivity contribution < 1.29 is 4.79 Å². The summed E-state index contributed by atoms with van der Waals surface area (Å²) < 4.78 is 0.772. The molecule has 122 valence electrons. The minimum absolute atomic E-state index is 0.143. The van der Waals surface area contributed by atoms with Crippen molar-refractivity contribution in [2.24, 2.45) is 0 Å². The molecule has 2 aromatic rings. The van der Waals surface area contributed by atoms with E-state index in [0.717, 1.165) is 21.5 Å². The number of carbonyl (C=O) groups excluding carboxylic acids is 1. The van der Waals surface area contributed by atoms with Crippen LogP contribution in [0.2, 0.25) is 0 Å². The number of fused-ring (bicyclic) bond motifs is 1. The predicted molar refractivity (Wildman–Crippen MR) is 95.7 cm³/mol. The summed E-state index contributed by atoms with van der Waals surface area (Å²) in [5.41, 5.74) is 3.14. The van der Waals surface area contributed by atoms with Crippen molar-refractivity contribution in [2.75, 3.05) is 11.4 Å². The number of halogens is 1. The summed E-state index contributed by atoms with van der Waals surface area (Å²) in [7, 11) is 0. The molecule has 1 aromatic carbocycles. The van der Waals surface area contributed by atoms with Gasteiger partial charge in [0.1, 0.15) is 4.60 Å². The number of hydrogen-bond acceptors (Lipinski definition) is 3. The Labute approximate surface area is 149 Å². The van der Waals surface area contributed by atoms with Gasteiger partial charge in [-0.15, -0.1) is 0 Å². The molecule has 0 unspecified atom stereocenters. The zero-order valence-corrected chi connectivity index (χ0v) is 15.1. The number of carbonyl (C=O) groups is 1. The second-order valence-corrected chi connectivity index (χ2v) is 7.25. The van der Waals surface area contributed by atoms with Gasteiger partial charge in [0.25, 0.3) is 0 Å². The third-order valence-electron chi connectivity index (χ3n) is 4.10. The number of pyridine rings is 1. The lowest BCUT2D eigenvalue weighted by atomic mass is 9.91. The Balaban J connectivity index is 1.73. The van der Waals surface area contributed by atoms with E-state index in [1.165, 1.54) is 0 Å². The molecule has 3 rings (SSSR count). The van der Waals surface area contributed by atoms with Gasteiger partial charge >= 0.3 is 6.03 Å². The topological polar surface area (TPSA) is 69.0 Å². The molecule has 0 radical (unpaired) electrons. The number of aromatic nitrogens is 1. The molecule has 0 spiro atoms. The van der Waals surface area contributed by atoms with Gasteiger partial charge in [-0.05, 0) is 45.8 Å². The molecule has 24 heavy (non-hydrogen) atoms. The highest BCUT2D eigenvalue weighted by Crippen LogP contribution is 2.39. The van der Waals surface area contributed by atoms with E-state index < -0.39 is 0 Å². The van der Waals surface area contributed by atoms with Gasteiger partial charge in [0.05, 0.1) is 23.0 Å². The van der Waals surface area contributed by atoms with Crippen LogP contribution in [0.5, 0.6) is 0 Å². The van der Waals surface area contributed by atoms with Crippen molar-refractivity contribution in [1.29, 1.82) is 5.26 Å². The number of urea groups is 1. The predicted octanol–water partition coefficient (Wildman–Crippen LogP) is 3.72. The van der Waals surface area contributed by atoms with E-state index in [2.05, 4.69) is 46.1 Å². The Morgan fingerprint density at radius 3 is 2.71 bits per heavy atom. The van der Waals surface area contributed by atoms with Gasteiger partial charge in [0, 0.05) is 18.5 Å². The van der Waals surface area contributed by atoms with E-state index >= 15 is 0 Å². The van der Waals surface area contributed by atoms with Crippen LogP contribution in [0.15, 0.2) is 41.0 Å². The molecular formula is C18H17BrN4O. The van der Waals surface area contributed by atoms with Crippen molar-refractivity contribution in [1.82, 2.24) is 10.3 Å². The maximum absolute atomic E-state index is 12.6. The molecule has 6 heteroatoms. The van der Waals surface area contributed by atoms with Gasteiger partial charge in [-0.25, -0.2) is 9.78 Å². The first-order valence-electron chi connectivity index (χ1n) is 7.62. The van der Waals surface area contributed by atoms with E-state index in [1.807, 2.05) is 24.3 Å². The smallest absolute Gasteiger partial charge is 0.322 e. The Morgan fingerprint density at radius 1 is 1.33 bits per heavy atom. The number of nitrogens with zero attached hydrogens (tertiary/aromatic N) is 3. The lowest BCUT2D eigenvalue weighted by Crippen LogP contribution is -2.41. The SMILES string of the molecule is CC1(C)CN(C(=O)NCc2ccc(C#N)cc2)c2ccc(Br)nc21. The summed E-state index contributed by atoms with van der Waals surface area (Å²) in [6.07, 6.45) is 0. The standard InChI is InChI=1S/C18H17BrN4O/c1-18(2)11-23(14-7-8-15(19)22-16(14)18)17(24)21-10-13-5-3-12(9-20)4-6-13/h3-8H,10-11H2,1-2H3,(H,21,24). The Bertz CT molecular complexity index is 824. The van der Waals surface area contributed by atoms with Gasteiger partial charge in [0.15, 0.2) is 0 Å². The van der Waals surface area contributed by atoms with Crippen molar-refractivity contribution >= 4 is 27.6 Å². The maximum Gasteiger partial charge on any atom is 0.322 e. The summed E-state index contributed by atoms with van der Waals surface area (Å²) in [5.74, 6) is 0. The number of hydrogen-bond donors (Lipinski definition) is 1. The Morgan fingerprint density at radius 2 is 2.04 bits per heavy atom. The molecule has 1 aliphatic rings. The average Bonchev–Trinajstić information content (AvgIpc) is 2.84. The molecule has 0 saturated carbocycles. The Kier molecular flexibility index (Phi) is 4.29. The van der Waals surface area contributed by atoms with Gasteiger partial charge < -0.3 is 5.32 Å². The first-order valence-corrected chi connectivity index (χ1v) is 8.41. The largest absolute Gasteiger partial charge is 0.334 e. The van der Waals surface area contributed by atoms with E-state index in [-0.39, 0.29) is 11.4 Å². The lowest BCUT2D eigenvalue weighted by molar-refractivity contribution is 0.245. The number of anilines is 1. The highest BCUT2D eigenvalue weighted by atomic mass is 79.9. The van der Waals surface area contributed by atoms with Crippen molar-refractivity contribution in [3.8, 4) is 6.07 Å². The zero-order valence-electron chi connectivity index (χ0n) is 13.5. The minimum Gasteiger partial charge on any atom is -0.334 e. The monoisotopic (exact) mass is 384 g/mol. The fraction of sp³-hybridized carbons (Fsp3) is 0.278. The van der Waals surface area contributed by atoms with Crippen LogP contribution in [0.3, 0.4) is 0 Å². The molecule has 0 fully saturated rings. The van der Waals surface area contributed by atoms with Crippen molar-refractivity contribution in [2.45, 2.75) is 25.8 Å². The van der Waals surface area contributed by atoms with Gasteiger partial charge in [-0.1, -0.05) is 26.0 Å². The summed E-state index contributed by atoms with van der Waals surface area (Å²) in [6, 6.07) is 12.9. The Hall–Kier alpha value is -2.39. The van der Waals surface area contributed by atoms with Gasteiger partial charge in [-0.2, -0.15) is 5.26 Å². The third kappa shape index (κ3) is 3.13. The van der Waals surface area contributed by atoms with E-state index in [9.17, 15) is 4.79 Å². The highest BCUT2D eigenvalue weighted by molar-refractivity contribution is 9.10. The average molecular weight is 385 g/mol. The van der Waals surface area contributed by atoms with Crippen LogP contribution >= 0.6 is 15.9 Å². The number of nitrogens with one attached hydrogen (secondary N) is 1. The molecule has 1 aromatic heterocycles. The maximum atomic E-state index is 12.6. The summed E-state index contributed by atoms with van der Waals surface area (Å²) in [6.45, 7) is 5.17.